The van der Waals surface area contributed by atoms with E-state index in [4.69, 9.17) is 14.2 Å². The Hall–Kier alpha value is -3.37. The number of ether oxygens (including phenoxy) is 3. The zero-order valence-corrected chi connectivity index (χ0v) is 22.1. The second-order valence-corrected chi connectivity index (χ2v) is 9.39. The van der Waals surface area contributed by atoms with E-state index in [1.807, 2.05) is 31.2 Å². The number of unbranched alkanes of at least 4 members (excludes halogenated alkanes) is 4. The highest BCUT2D eigenvalue weighted by Gasteiger charge is 2.22. The molecule has 0 N–H and O–H groups in total. The lowest BCUT2D eigenvalue weighted by molar-refractivity contribution is -0.157. The van der Waals surface area contributed by atoms with Crippen molar-refractivity contribution in [2.45, 2.75) is 58.5 Å². The maximum absolute atomic E-state index is 12.6. The number of benzene rings is 3. The average Bonchev–Trinajstić information content (AvgIpc) is 3.25. The first-order valence-corrected chi connectivity index (χ1v) is 13.6. The van der Waals surface area contributed by atoms with Gasteiger partial charge in [-0.3, -0.25) is 0 Å². The summed E-state index contributed by atoms with van der Waals surface area (Å²) >= 11 is 0. The van der Waals surface area contributed by atoms with Gasteiger partial charge in [-0.05, 0) is 64.9 Å². The Labute approximate surface area is 221 Å². The van der Waals surface area contributed by atoms with Crippen LogP contribution in [0.1, 0.15) is 62.6 Å². The van der Waals surface area contributed by atoms with E-state index in [0.717, 1.165) is 24.2 Å². The smallest absolute Gasteiger partial charge is 0.335 e. The minimum absolute atomic E-state index is 0.276. The molecule has 1 aliphatic carbocycles. The molecule has 0 saturated carbocycles. The molecule has 0 spiro atoms. The molecular weight excluding hydrogens is 460 g/mol. The molecule has 1 atom stereocenters. The van der Waals surface area contributed by atoms with Crippen LogP contribution in [0.25, 0.3) is 16.7 Å². The zero-order chi connectivity index (χ0) is 25.9. The summed E-state index contributed by atoms with van der Waals surface area (Å²) in [5, 5.41) is 0. The molecule has 194 valence electrons. The van der Waals surface area contributed by atoms with E-state index in [2.05, 4.69) is 61.5 Å². The molecule has 3 aromatic carbocycles. The Kier molecular flexibility index (Phi) is 9.96. The lowest BCUT2D eigenvalue weighted by Gasteiger charge is -2.16. The molecule has 0 aromatic heterocycles. The summed E-state index contributed by atoms with van der Waals surface area (Å²) in [7, 11) is 0. The summed E-state index contributed by atoms with van der Waals surface area (Å²) in [4.78, 5) is 12.6. The van der Waals surface area contributed by atoms with Gasteiger partial charge in [0, 0.05) is 13.0 Å². The van der Waals surface area contributed by atoms with Crippen LogP contribution in [0.2, 0.25) is 0 Å². The SMILES string of the molecule is CCCCCCCOC(=O)C(Cc1ccc(OCC=C2c3ccccc3-c3ccccc32)cc1)OCC. The fourth-order valence-corrected chi connectivity index (χ4v) is 4.81. The van der Waals surface area contributed by atoms with Gasteiger partial charge in [-0.25, -0.2) is 4.79 Å². The van der Waals surface area contributed by atoms with Crippen LogP contribution in [0.15, 0.2) is 78.9 Å². The van der Waals surface area contributed by atoms with E-state index in [1.54, 1.807) is 0 Å². The Balaban J connectivity index is 1.31. The summed E-state index contributed by atoms with van der Waals surface area (Å²) in [5.74, 6) is 0.518. The third-order valence-electron chi connectivity index (χ3n) is 6.73. The van der Waals surface area contributed by atoms with Crippen molar-refractivity contribution in [2.75, 3.05) is 19.8 Å². The predicted octanol–water partition coefficient (Wildman–Crippen LogP) is 7.64. The van der Waals surface area contributed by atoms with Gasteiger partial charge in [0.05, 0.1) is 6.61 Å². The van der Waals surface area contributed by atoms with Gasteiger partial charge in [0.15, 0.2) is 6.10 Å². The molecule has 1 unspecified atom stereocenters. The minimum Gasteiger partial charge on any atom is -0.490 e. The van der Waals surface area contributed by atoms with E-state index in [9.17, 15) is 4.79 Å². The molecule has 0 aliphatic heterocycles. The van der Waals surface area contributed by atoms with Crippen LogP contribution in [-0.4, -0.2) is 31.9 Å². The molecular formula is C33H38O4. The normalized spacial score (nSPS) is 12.5. The van der Waals surface area contributed by atoms with Crippen LogP contribution in [0.4, 0.5) is 0 Å². The first-order chi connectivity index (χ1) is 18.2. The predicted molar refractivity (Wildman–Crippen MR) is 150 cm³/mol. The number of hydrogen-bond donors (Lipinski definition) is 0. The maximum atomic E-state index is 12.6. The first kappa shape index (κ1) is 26.7. The molecule has 0 radical (unpaired) electrons. The highest BCUT2D eigenvalue weighted by Crippen LogP contribution is 2.43. The van der Waals surface area contributed by atoms with E-state index >= 15 is 0 Å². The first-order valence-electron chi connectivity index (χ1n) is 13.6. The fraction of sp³-hybridized carbons (Fsp3) is 0.364. The van der Waals surface area contributed by atoms with Crippen molar-refractivity contribution < 1.29 is 19.0 Å². The summed E-state index contributed by atoms with van der Waals surface area (Å²) in [6, 6.07) is 24.9. The van der Waals surface area contributed by atoms with E-state index in [-0.39, 0.29) is 5.97 Å². The number of esters is 1. The molecule has 4 heteroatoms. The van der Waals surface area contributed by atoms with Crippen LogP contribution in [0.3, 0.4) is 0 Å². The highest BCUT2D eigenvalue weighted by molar-refractivity contribution is 6.01. The van der Waals surface area contributed by atoms with Crippen molar-refractivity contribution in [1.82, 2.24) is 0 Å². The Morgan fingerprint density at radius 1 is 0.784 bits per heavy atom. The topological polar surface area (TPSA) is 44.8 Å². The fourth-order valence-electron chi connectivity index (χ4n) is 4.81. The van der Waals surface area contributed by atoms with Gasteiger partial charge in [0.25, 0.3) is 0 Å². The van der Waals surface area contributed by atoms with Crippen LogP contribution >= 0.6 is 0 Å². The number of carbonyl (C=O) groups excluding carboxylic acids is 1. The molecule has 0 bridgehead atoms. The van der Waals surface area contributed by atoms with Gasteiger partial charge >= 0.3 is 5.97 Å². The van der Waals surface area contributed by atoms with Crippen LogP contribution in [0.5, 0.6) is 5.75 Å². The molecule has 4 rings (SSSR count). The van der Waals surface area contributed by atoms with Gasteiger partial charge in [0.2, 0.25) is 0 Å². The van der Waals surface area contributed by atoms with Gasteiger partial charge < -0.3 is 14.2 Å². The van der Waals surface area contributed by atoms with E-state index in [0.29, 0.717) is 26.2 Å². The summed E-state index contributed by atoms with van der Waals surface area (Å²) in [6.07, 6.45) is 7.68. The zero-order valence-electron chi connectivity index (χ0n) is 22.1. The van der Waals surface area contributed by atoms with Crippen molar-refractivity contribution in [3.05, 3.63) is 95.6 Å². The molecule has 0 heterocycles. The van der Waals surface area contributed by atoms with Gasteiger partial charge in [-0.1, -0.05) is 93.3 Å². The van der Waals surface area contributed by atoms with E-state index in [1.165, 1.54) is 47.1 Å². The van der Waals surface area contributed by atoms with Crippen molar-refractivity contribution in [2.24, 2.45) is 0 Å². The summed E-state index contributed by atoms with van der Waals surface area (Å²) in [5.41, 5.74) is 7.27. The molecule has 1 aliphatic rings. The summed E-state index contributed by atoms with van der Waals surface area (Å²) in [6.45, 7) is 5.50. The molecule has 3 aromatic rings. The third-order valence-corrected chi connectivity index (χ3v) is 6.73. The standard InChI is InChI=1S/C33H38O4/c1-3-5-6-7-12-22-37-33(34)32(35-4-2)24-25-17-19-26(20-18-25)36-23-21-31-29-15-10-8-13-27(29)28-14-9-11-16-30(28)31/h8-11,13-21,32H,3-7,12,22-24H2,1-2H3. The minimum atomic E-state index is -0.584. The third kappa shape index (κ3) is 7.11. The van der Waals surface area contributed by atoms with Gasteiger partial charge in [-0.2, -0.15) is 0 Å². The van der Waals surface area contributed by atoms with Gasteiger partial charge in [-0.15, -0.1) is 0 Å². The number of rotatable bonds is 14. The van der Waals surface area contributed by atoms with Crippen LogP contribution in [0, 0.1) is 0 Å². The van der Waals surface area contributed by atoms with Crippen molar-refractivity contribution >= 4 is 11.5 Å². The Morgan fingerprint density at radius 2 is 1.41 bits per heavy atom. The maximum Gasteiger partial charge on any atom is 0.335 e. The molecule has 0 amide bonds. The lowest BCUT2D eigenvalue weighted by atomic mass is 10.0. The number of carbonyl (C=O) groups is 1. The Morgan fingerprint density at radius 3 is 2.03 bits per heavy atom. The number of fused-ring (bicyclic) bond motifs is 3. The second-order valence-electron chi connectivity index (χ2n) is 9.39. The summed E-state index contributed by atoms with van der Waals surface area (Å²) < 4.78 is 17.2. The van der Waals surface area contributed by atoms with Gasteiger partial charge in [0.1, 0.15) is 12.4 Å². The van der Waals surface area contributed by atoms with Crippen molar-refractivity contribution in [3.8, 4) is 16.9 Å². The molecule has 4 nitrogen and oxygen atoms in total. The largest absolute Gasteiger partial charge is 0.490 e. The van der Waals surface area contributed by atoms with Crippen LogP contribution < -0.4 is 4.74 Å². The highest BCUT2D eigenvalue weighted by atomic mass is 16.6. The molecule has 0 fully saturated rings. The van der Waals surface area contributed by atoms with Crippen molar-refractivity contribution in [3.63, 3.8) is 0 Å². The quantitative estimate of drug-likeness (QED) is 0.132. The van der Waals surface area contributed by atoms with Crippen LogP contribution in [-0.2, 0) is 20.7 Å². The van der Waals surface area contributed by atoms with Crippen molar-refractivity contribution in [1.29, 1.82) is 0 Å². The molecule has 0 saturated heterocycles. The lowest BCUT2D eigenvalue weighted by Crippen LogP contribution is -2.29. The Bertz CT molecular complexity index is 1130. The number of hydrogen-bond acceptors (Lipinski definition) is 4. The second kappa shape index (κ2) is 13.8. The average molecular weight is 499 g/mol. The monoisotopic (exact) mass is 498 g/mol. The molecule has 37 heavy (non-hydrogen) atoms. The van der Waals surface area contributed by atoms with E-state index < -0.39 is 6.10 Å².